The van der Waals surface area contributed by atoms with Crippen LogP contribution in [0.15, 0.2) is 24.5 Å². The Morgan fingerprint density at radius 1 is 1.23 bits per heavy atom. The van der Waals surface area contributed by atoms with Crippen LogP contribution < -0.4 is 15.4 Å². The van der Waals surface area contributed by atoms with Crippen LogP contribution in [0.3, 0.4) is 0 Å². The Bertz CT molecular complexity index is 1050. The van der Waals surface area contributed by atoms with Crippen LogP contribution in [-0.2, 0) is 0 Å². The lowest BCUT2D eigenvalue weighted by Crippen LogP contribution is -2.46. The van der Waals surface area contributed by atoms with E-state index < -0.39 is 36.9 Å². The van der Waals surface area contributed by atoms with Crippen molar-refractivity contribution in [1.82, 2.24) is 24.9 Å². The molecule has 0 aromatic carbocycles. The van der Waals surface area contributed by atoms with Gasteiger partial charge in [0.1, 0.15) is 29.9 Å². The Kier molecular flexibility index (Phi) is 5.66. The van der Waals surface area contributed by atoms with E-state index in [4.69, 9.17) is 4.74 Å². The van der Waals surface area contributed by atoms with E-state index in [1.807, 2.05) is 0 Å². The standard InChI is InChI=1S/C18H17F5N6O/c19-10-1-2-24-6-13(10)27-18-12(21)4-11(20)17(28-18)14-7-25-16-3-9(5-26-29(14)16)30-8-15(22)23/h3-5,7,10,13,15,24H,1-2,6,8H2,(H,27,28). The van der Waals surface area contributed by atoms with Gasteiger partial charge in [-0.2, -0.15) is 5.10 Å². The molecule has 7 nitrogen and oxygen atoms in total. The van der Waals surface area contributed by atoms with Crippen molar-refractivity contribution in [2.24, 2.45) is 0 Å². The van der Waals surface area contributed by atoms with E-state index in [2.05, 4.69) is 25.7 Å². The highest BCUT2D eigenvalue weighted by Crippen LogP contribution is 2.27. The molecule has 4 rings (SSSR count). The summed E-state index contributed by atoms with van der Waals surface area (Å²) in [5, 5.41) is 9.69. The Balaban J connectivity index is 1.65. The number of imidazole rings is 1. The predicted octanol–water partition coefficient (Wildman–Crippen LogP) is 2.83. The third-order valence-electron chi connectivity index (χ3n) is 4.60. The summed E-state index contributed by atoms with van der Waals surface area (Å²) in [7, 11) is 0. The second kappa shape index (κ2) is 8.38. The molecule has 1 aliphatic heterocycles. The van der Waals surface area contributed by atoms with Crippen molar-refractivity contribution in [2.75, 3.05) is 25.0 Å². The summed E-state index contributed by atoms with van der Waals surface area (Å²) in [5.74, 6) is -2.15. The van der Waals surface area contributed by atoms with Crippen LogP contribution >= 0.6 is 0 Å². The number of halogens is 5. The molecular weight excluding hydrogens is 411 g/mol. The van der Waals surface area contributed by atoms with Crippen LogP contribution in [0.25, 0.3) is 17.0 Å². The van der Waals surface area contributed by atoms with Gasteiger partial charge in [0, 0.05) is 18.7 Å². The maximum atomic E-state index is 14.5. The van der Waals surface area contributed by atoms with Gasteiger partial charge in [-0.05, 0) is 13.0 Å². The molecule has 3 aromatic rings. The van der Waals surface area contributed by atoms with Gasteiger partial charge in [0.05, 0.1) is 18.4 Å². The molecule has 0 radical (unpaired) electrons. The highest BCUT2D eigenvalue weighted by molar-refractivity contribution is 5.62. The SMILES string of the molecule is Fc1cc(F)c(-c2cnc3cc(OCC(F)F)cnn23)nc1NC1CNCCC1F. The fourth-order valence-electron chi connectivity index (χ4n) is 3.15. The van der Waals surface area contributed by atoms with Gasteiger partial charge in [-0.3, -0.25) is 0 Å². The molecule has 0 spiro atoms. The van der Waals surface area contributed by atoms with E-state index in [-0.39, 0.29) is 41.6 Å². The smallest absolute Gasteiger partial charge is 0.272 e. The van der Waals surface area contributed by atoms with Gasteiger partial charge in [0.25, 0.3) is 6.43 Å². The largest absolute Gasteiger partial charge is 0.486 e. The third kappa shape index (κ3) is 4.13. The van der Waals surface area contributed by atoms with E-state index in [9.17, 15) is 22.0 Å². The Morgan fingerprint density at radius 3 is 2.83 bits per heavy atom. The number of piperidine rings is 1. The molecule has 12 heteroatoms. The van der Waals surface area contributed by atoms with Gasteiger partial charge in [0.15, 0.2) is 23.1 Å². The van der Waals surface area contributed by atoms with Crippen molar-refractivity contribution in [1.29, 1.82) is 0 Å². The molecule has 4 heterocycles. The summed E-state index contributed by atoms with van der Waals surface area (Å²) in [5.41, 5.74) is 0.0426. The Morgan fingerprint density at radius 2 is 2.07 bits per heavy atom. The first-order chi connectivity index (χ1) is 14.4. The fourth-order valence-corrected chi connectivity index (χ4v) is 3.15. The number of nitrogens with one attached hydrogen (secondary N) is 2. The van der Waals surface area contributed by atoms with Gasteiger partial charge in [-0.15, -0.1) is 0 Å². The molecule has 2 atom stereocenters. The number of ether oxygens (including phenoxy) is 1. The number of aromatic nitrogens is 4. The fraction of sp³-hybridized carbons (Fsp3) is 0.389. The highest BCUT2D eigenvalue weighted by Gasteiger charge is 2.27. The van der Waals surface area contributed by atoms with E-state index in [0.717, 1.165) is 0 Å². The number of alkyl halides is 3. The molecule has 2 N–H and O–H groups in total. The second-order valence-corrected chi connectivity index (χ2v) is 6.72. The minimum absolute atomic E-state index is 0.0635. The van der Waals surface area contributed by atoms with Crippen molar-refractivity contribution in [2.45, 2.75) is 25.1 Å². The summed E-state index contributed by atoms with van der Waals surface area (Å²) in [6, 6.07) is 1.28. The Hall–Kier alpha value is -3.02. The Labute approximate surface area is 167 Å². The average molecular weight is 428 g/mol. The topological polar surface area (TPSA) is 76.4 Å². The minimum atomic E-state index is -2.65. The van der Waals surface area contributed by atoms with Gasteiger partial charge < -0.3 is 15.4 Å². The van der Waals surface area contributed by atoms with E-state index in [1.54, 1.807) is 0 Å². The van der Waals surface area contributed by atoms with Gasteiger partial charge in [0.2, 0.25) is 0 Å². The first-order valence-corrected chi connectivity index (χ1v) is 9.15. The number of fused-ring (bicyclic) bond motifs is 1. The van der Waals surface area contributed by atoms with Crippen molar-refractivity contribution in [3.05, 3.63) is 36.2 Å². The molecule has 1 aliphatic rings. The number of rotatable bonds is 6. The second-order valence-electron chi connectivity index (χ2n) is 6.72. The lowest BCUT2D eigenvalue weighted by molar-refractivity contribution is 0.0817. The lowest BCUT2D eigenvalue weighted by Gasteiger charge is -2.28. The summed E-state index contributed by atoms with van der Waals surface area (Å²) >= 11 is 0. The van der Waals surface area contributed by atoms with E-state index >= 15 is 0 Å². The predicted molar refractivity (Wildman–Crippen MR) is 97.4 cm³/mol. The maximum Gasteiger partial charge on any atom is 0.272 e. The zero-order valence-electron chi connectivity index (χ0n) is 15.5. The molecule has 0 aliphatic carbocycles. The minimum Gasteiger partial charge on any atom is -0.486 e. The van der Waals surface area contributed by atoms with Gasteiger partial charge >= 0.3 is 0 Å². The maximum absolute atomic E-state index is 14.5. The van der Waals surface area contributed by atoms with Crippen LogP contribution in [0.1, 0.15) is 6.42 Å². The first-order valence-electron chi connectivity index (χ1n) is 9.15. The molecule has 0 saturated carbocycles. The summed E-state index contributed by atoms with van der Waals surface area (Å²) < 4.78 is 73.5. The molecule has 0 amide bonds. The zero-order chi connectivity index (χ0) is 21.3. The van der Waals surface area contributed by atoms with Crippen molar-refractivity contribution < 1.29 is 26.7 Å². The van der Waals surface area contributed by atoms with Crippen molar-refractivity contribution >= 4 is 11.5 Å². The van der Waals surface area contributed by atoms with Gasteiger partial charge in [-0.25, -0.2) is 36.4 Å². The van der Waals surface area contributed by atoms with Crippen LogP contribution in [0.2, 0.25) is 0 Å². The first kappa shape index (κ1) is 20.3. The summed E-state index contributed by atoms with van der Waals surface area (Å²) in [4.78, 5) is 8.03. The van der Waals surface area contributed by atoms with Crippen LogP contribution in [0.4, 0.5) is 27.8 Å². The normalized spacial score (nSPS) is 19.4. The third-order valence-corrected chi connectivity index (χ3v) is 4.60. The van der Waals surface area contributed by atoms with Crippen LogP contribution in [0.5, 0.6) is 5.75 Å². The van der Waals surface area contributed by atoms with E-state index in [1.165, 1.54) is 23.0 Å². The van der Waals surface area contributed by atoms with Crippen molar-refractivity contribution in [3.63, 3.8) is 0 Å². The zero-order valence-corrected chi connectivity index (χ0v) is 15.5. The quantitative estimate of drug-likeness (QED) is 0.588. The molecule has 1 fully saturated rings. The summed E-state index contributed by atoms with van der Waals surface area (Å²) in [6.45, 7) is -0.0197. The molecule has 160 valence electrons. The van der Waals surface area contributed by atoms with Gasteiger partial charge in [-0.1, -0.05) is 0 Å². The number of pyridine rings is 1. The lowest BCUT2D eigenvalue weighted by atomic mass is 10.1. The number of hydrogen-bond acceptors (Lipinski definition) is 6. The summed E-state index contributed by atoms with van der Waals surface area (Å²) in [6.07, 6.45) is -1.16. The molecule has 3 aromatic heterocycles. The highest BCUT2D eigenvalue weighted by atomic mass is 19.3. The van der Waals surface area contributed by atoms with Crippen molar-refractivity contribution in [3.8, 4) is 17.1 Å². The van der Waals surface area contributed by atoms with E-state index in [0.29, 0.717) is 12.6 Å². The number of nitrogens with zero attached hydrogens (tertiary/aromatic N) is 4. The molecule has 2 unspecified atom stereocenters. The number of anilines is 1. The number of hydrogen-bond donors (Lipinski definition) is 2. The molecule has 0 bridgehead atoms. The molecular formula is C18H17F5N6O. The van der Waals surface area contributed by atoms with Crippen LogP contribution in [-0.4, -0.2) is 57.9 Å². The average Bonchev–Trinajstić information content (AvgIpc) is 3.13. The molecule has 30 heavy (non-hydrogen) atoms. The molecule has 1 saturated heterocycles. The monoisotopic (exact) mass is 428 g/mol. The van der Waals surface area contributed by atoms with Crippen LogP contribution in [0, 0.1) is 11.6 Å².